The maximum Gasteiger partial charge on any atom is 0.227 e. The standard InChI is InChI=1S/C16H23N3O/c20-16(13-2-1-3-15-14(13)9-18-19-15)17-8-12-7-10-4-5-11(12)6-10/h9-13H,1-8H2,(H,17,20)(H,18,19). The van der Waals surface area contributed by atoms with Gasteiger partial charge in [-0.05, 0) is 56.3 Å². The molecule has 4 heteroatoms. The number of aryl methyl sites for hydroxylation is 1. The van der Waals surface area contributed by atoms with E-state index in [1.165, 1.54) is 25.7 Å². The van der Waals surface area contributed by atoms with Gasteiger partial charge in [-0.25, -0.2) is 0 Å². The van der Waals surface area contributed by atoms with Crippen LogP contribution in [0.15, 0.2) is 6.20 Å². The zero-order valence-corrected chi connectivity index (χ0v) is 11.9. The number of fused-ring (bicyclic) bond motifs is 3. The van der Waals surface area contributed by atoms with Crippen molar-refractivity contribution in [3.63, 3.8) is 0 Å². The third kappa shape index (κ3) is 2.05. The van der Waals surface area contributed by atoms with Crippen LogP contribution >= 0.6 is 0 Å². The normalized spacial score (nSPS) is 35.0. The largest absolute Gasteiger partial charge is 0.355 e. The van der Waals surface area contributed by atoms with E-state index in [0.717, 1.165) is 54.8 Å². The Bertz CT molecular complexity index is 510. The first-order valence-corrected chi connectivity index (χ1v) is 8.11. The lowest BCUT2D eigenvalue weighted by atomic mass is 9.85. The zero-order chi connectivity index (χ0) is 13.5. The van der Waals surface area contributed by atoms with Gasteiger partial charge in [-0.3, -0.25) is 9.89 Å². The Kier molecular flexibility index (Phi) is 3.04. The molecule has 3 aliphatic carbocycles. The first kappa shape index (κ1) is 12.4. The Hall–Kier alpha value is -1.32. The van der Waals surface area contributed by atoms with E-state index in [9.17, 15) is 4.79 Å². The van der Waals surface area contributed by atoms with Gasteiger partial charge in [0, 0.05) is 17.8 Å². The van der Waals surface area contributed by atoms with Gasteiger partial charge in [0.2, 0.25) is 5.91 Å². The minimum atomic E-state index is 0.0242. The van der Waals surface area contributed by atoms with Gasteiger partial charge in [0.05, 0.1) is 12.1 Å². The molecule has 0 spiro atoms. The van der Waals surface area contributed by atoms with Crippen LogP contribution in [0, 0.1) is 17.8 Å². The Morgan fingerprint density at radius 2 is 2.30 bits per heavy atom. The van der Waals surface area contributed by atoms with Crippen LogP contribution in [0.4, 0.5) is 0 Å². The van der Waals surface area contributed by atoms with Crippen LogP contribution in [0.2, 0.25) is 0 Å². The van der Waals surface area contributed by atoms with Gasteiger partial charge in [0.1, 0.15) is 0 Å². The minimum absolute atomic E-state index is 0.0242. The number of nitrogens with zero attached hydrogens (tertiary/aromatic N) is 1. The molecule has 2 fully saturated rings. The Morgan fingerprint density at radius 3 is 3.10 bits per heavy atom. The van der Waals surface area contributed by atoms with Crippen molar-refractivity contribution in [1.29, 1.82) is 0 Å². The summed E-state index contributed by atoms with van der Waals surface area (Å²) in [7, 11) is 0. The molecular weight excluding hydrogens is 250 g/mol. The molecule has 0 aromatic carbocycles. The van der Waals surface area contributed by atoms with Crippen molar-refractivity contribution >= 4 is 5.91 Å². The van der Waals surface area contributed by atoms with Gasteiger partial charge in [0.25, 0.3) is 0 Å². The lowest BCUT2D eigenvalue weighted by Crippen LogP contribution is -2.36. The average Bonchev–Trinajstić information content (AvgIpc) is 3.19. The summed E-state index contributed by atoms with van der Waals surface area (Å²) in [6.07, 6.45) is 10.5. The van der Waals surface area contributed by atoms with Crippen LogP contribution in [0.3, 0.4) is 0 Å². The summed E-state index contributed by atoms with van der Waals surface area (Å²) >= 11 is 0. The molecular formula is C16H23N3O. The number of hydrogen-bond acceptors (Lipinski definition) is 2. The highest BCUT2D eigenvalue weighted by molar-refractivity contribution is 5.84. The third-order valence-electron chi connectivity index (χ3n) is 5.79. The zero-order valence-electron chi connectivity index (χ0n) is 11.9. The highest BCUT2D eigenvalue weighted by atomic mass is 16.1. The van der Waals surface area contributed by atoms with Crippen LogP contribution in [0.5, 0.6) is 0 Å². The molecule has 0 saturated heterocycles. The lowest BCUT2D eigenvalue weighted by Gasteiger charge is -2.25. The number of amides is 1. The topological polar surface area (TPSA) is 57.8 Å². The van der Waals surface area contributed by atoms with Gasteiger partial charge in [-0.15, -0.1) is 0 Å². The first-order valence-electron chi connectivity index (χ1n) is 8.11. The second kappa shape index (κ2) is 4.90. The van der Waals surface area contributed by atoms with E-state index >= 15 is 0 Å². The molecule has 108 valence electrons. The molecule has 2 N–H and O–H groups in total. The number of H-pyrrole nitrogens is 1. The SMILES string of the molecule is O=C(NCC1CC2CCC1C2)C1CCCc2[nH]ncc21. The van der Waals surface area contributed by atoms with E-state index < -0.39 is 0 Å². The number of aromatic amines is 1. The van der Waals surface area contributed by atoms with Crippen molar-refractivity contribution in [3.05, 3.63) is 17.5 Å². The van der Waals surface area contributed by atoms with Crippen molar-refractivity contribution < 1.29 is 4.79 Å². The molecule has 1 amide bonds. The van der Waals surface area contributed by atoms with Crippen LogP contribution in [-0.4, -0.2) is 22.6 Å². The predicted molar refractivity (Wildman–Crippen MR) is 76.2 cm³/mol. The van der Waals surface area contributed by atoms with Crippen molar-refractivity contribution in [1.82, 2.24) is 15.5 Å². The van der Waals surface area contributed by atoms with Crippen molar-refractivity contribution in [2.45, 2.75) is 50.9 Å². The number of aromatic nitrogens is 2. The van der Waals surface area contributed by atoms with Crippen molar-refractivity contribution in [3.8, 4) is 0 Å². The fraction of sp³-hybridized carbons (Fsp3) is 0.750. The Morgan fingerprint density at radius 1 is 1.35 bits per heavy atom. The van der Waals surface area contributed by atoms with Gasteiger partial charge in [0.15, 0.2) is 0 Å². The molecule has 2 bridgehead atoms. The summed E-state index contributed by atoms with van der Waals surface area (Å²) in [6, 6.07) is 0. The lowest BCUT2D eigenvalue weighted by molar-refractivity contribution is -0.123. The van der Waals surface area contributed by atoms with Gasteiger partial charge >= 0.3 is 0 Å². The number of carbonyl (C=O) groups excluding carboxylic acids is 1. The Labute approximate surface area is 119 Å². The van der Waals surface area contributed by atoms with Gasteiger partial charge in [-0.2, -0.15) is 5.10 Å². The van der Waals surface area contributed by atoms with E-state index in [4.69, 9.17) is 0 Å². The average molecular weight is 273 g/mol. The van der Waals surface area contributed by atoms with Crippen LogP contribution in [0.25, 0.3) is 0 Å². The van der Waals surface area contributed by atoms with Crippen molar-refractivity contribution in [2.75, 3.05) is 6.54 Å². The quantitative estimate of drug-likeness (QED) is 0.888. The molecule has 4 unspecified atom stereocenters. The molecule has 3 aliphatic rings. The summed E-state index contributed by atoms with van der Waals surface area (Å²) in [5.41, 5.74) is 2.29. The highest BCUT2D eigenvalue weighted by Crippen LogP contribution is 2.48. The maximum atomic E-state index is 12.5. The summed E-state index contributed by atoms with van der Waals surface area (Å²) in [6.45, 7) is 0.893. The highest BCUT2D eigenvalue weighted by Gasteiger charge is 2.39. The van der Waals surface area contributed by atoms with E-state index in [1.54, 1.807) is 0 Å². The maximum absolute atomic E-state index is 12.5. The molecule has 1 aromatic heterocycles. The first-order chi connectivity index (χ1) is 9.81. The van der Waals surface area contributed by atoms with E-state index in [0.29, 0.717) is 0 Å². The molecule has 2 saturated carbocycles. The minimum Gasteiger partial charge on any atom is -0.355 e. The van der Waals surface area contributed by atoms with Crippen molar-refractivity contribution in [2.24, 2.45) is 17.8 Å². The number of nitrogens with one attached hydrogen (secondary N) is 2. The summed E-state index contributed by atoms with van der Waals surface area (Å²) in [5, 5.41) is 10.4. The molecule has 4 atom stereocenters. The smallest absolute Gasteiger partial charge is 0.227 e. The number of carbonyl (C=O) groups is 1. The second-order valence-corrected chi connectivity index (χ2v) is 6.93. The van der Waals surface area contributed by atoms with E-state index in [2.05, 4.69) is 15.5 Å². The Balaban J connectivity index is 1.37. The van der Waals surface area contributed by atoms with Crippen LogP contribution in [-0.2, 0) is 11.2 Å². The number of rotatable bonds is 3. The fourth-order valence-electron chi connectivity index (χ4n) is 4.71. The second-order valence-electron chi connectivity index (χ2n) is 6.93. The van der Waals surface area contributed by atoms with Crippen LogP contribution in [0.1, 0.15) is 55.7 Å². The monoisotopic (exact) mass is 273 g/mol. The molecule has 4 nitrogen and oxygen atoms in total. The summed E-state index contributed by atoms with van der Waals surface area (Å²) < 4.78 is 0. The number of hydrogen-bond donors (Lipinski definition) is 2. The van der Waals surface area contributed by atoms with E-state index in [-0.39, 0.29) is 11.8 Å². The molecule has 1 heterocycles. The summed E-state index contributed by atoms with van der Waals surface area (Å²) in [5.74, 6) is 2.82. The van der Waals surface area contributed by atoms with E-state index in [1.807, 2.05) is 6.20 Å². The summed E-state index contributed by atoms with van der Waals surface area (Å²) in [4.78, 5) is 12.5. The predicted octanol–water partition coefficient (Wildman–Crippen LogP) is 2.38. The van der Waals surface area contributed by atoms with Gasteiger partial charge in [-0.1, -0.05) is 6.42 Å². The van der Waals surface area contributed by atoms with Crippen LogP contribution < -0.4 is 5.32 Å². The fourth-order valence-corrected chi connectivity index (χ4v) is 4.71. The molecule has 0 radical (unpaired) electrons. The molecule has 20 heavy (non-hydrogen) atoms. The molecule has 4 rings (SSSR count). The third-order valence-corrected chi connectivity index (χ3v) is 5.79. The molecule has 1 aromatic rings. The molecule has 0 aliphatic heterocycles. The van der Waals surface area contributed by atoms with Gasteiger partial charge < -0.3 is 5.32 Å².